The summed E-state index contributed by atoms with van der Waals surface area (Å²) < 4.78 is 1.00. The predicted octanol–water partition coefficient (Wildman–Crippen LogP) is 4.58. The summed E-state index contributed by atoms with van der Waals surface area (Å²) in [4.78, 5) is 0. The second kappa shape index (κ2) is 5.64. The van der Waals surface area contributed by atoms with Crippen LogP contribution >= 0.6 is 39.1 Å². The number of aryl methyl sites for hydroxylation is 1. The third kappa shape index (κ3) is 3.19. The van der Waals surface area contributed by atoms with Gasteiger partial charge in [-0.3, -0.25) is 0 Å². The highest BCUT2D eigenvalue weighted by Gasteiger charge is 2.02. The lowest BCUT2D eigenvalue weighted by atomic mass is 10.2. The lowest BCUT2D eigenvalue weighted by molar-refractivity contribution is 1.32. The number of rotatable bonds is 3. The third-order valence-electron chi connectivity index (χ3n) is 1.75. The molecule has 0 aliphatic carbocycles. The predicted molar refractivity (Wildman–Crippen MR) is 67.4 cm³/mol. The summed E-state index contributed by atoms with van der Waals surface area (Å²) in [6.45, 7) is 2.65. The Morgan fingerprint density at radius 3 is 2.86 bits per heavy atom. The van der Waals surface area contributed by atoms with Gasteiger partial charge in [0.05, 0.1) is 5.69 Å². The van der Waals surface area contributed by atoms with Gasteiger partial charge in [-0.1, -0.05) is 29.3 Å². The average Bonchev–Trinajstić information content (AvgIpc) is 2.14. The lowest BCUT2D eigenvalue weighted by Gasteiger charge is -2.08. The van der Waals surface area contributed by atoms with Crippen LogP contribution in [0.5, 0.6) is 0 Å². The molecule has 0 aliphatic rings. The van der Waals surface area contributed by atoms with Gasteiger partial charge in [-0.05, 0) is 40.5 Å². The van der Waals surface area contributed by atoms with E-state index < -0.39 is 0 Å². The highest BCUT2D eigenvalue weighted by Crippen LogP contribution is 2.28. The Hall–Kier alpha value is -0.180. The van der Waals surface area contributed by atoms with Crippen molar-refractivity contribution >= 4 is 44.8 Å². The monoisotopic (exact) mass is 293 g/mol. The van der Waals surface area contributed by atoms with Gasteiger partial charge in [-0.15, -0.1) is 0 Å². The molecule has 0 saturated carbocycles. The van der Waals surface area contributed by atoms with E-state index in [2.05, 4.69) is 21.2 Å². The van der Waals surface area contributed by atoms with Crippen molar-refractivity contribution in [2.75, 3.05) is 11.9 Å². The Bertz CT molecular complexity index is 350. The molecule has 0 amide bonds. The van der Waals surface area contributed by atoms with E-state index in [0.29, 0.717) is 6.54 Å². The normalized spacial score (nSPS) is 10.9. The second-order valence-electron chi connectivity index (χ2n) is 2.82. The zero-order chi connectivity index (χ0) is 10.6. The molecule has 1 aromatic rings. The van der Waals surface area contributed by atoms with Gasteiger partial charge in [0, 0.05) is 21.6 Å². The molecule has 0 radical (unpaired) electrons. The molecule has 0 atom stereocenters. The fraction of sp³-hybridized carbons (Fsp3) is 0.200. The number of benzene rings is 1. The summed E-state index contributed by atoms with van der Waals surface area (Å²) in [7, 11) is 0. The van der Waals surface area contributed by atoms with E-state index in [1.165, 1.54) is 5.54 Å². The molecule has 1 rings (SSSR count). The van der Waals surface area contributed by atoms with Gasteiger partial charge in [0.2, 0.25) is 0 Å². The van der Waals surface area contributed by atoms with Crippen LogP contribution in [0.3, 0.4) is 0 Å². The Morgan fingerprint density at radius 2 is 2.21 bits per heavy atom. The molecular formula is C10H10BrCl2N. The number of hydrogen-bond acceptors (Lipinski definition) is 1. The van der Waals surface area contributed by atoms with Gasteiger partial charge in [-0.2, -0.15) is 0 Å². The molecule has 1 N–H and O–H groups in total. The van der Waals surface area contributed by atoms with Crippen LogP contribution in [0.1, 0.15) is 5.56 Å². The quantitative estimate of drug-likeness (QED) is 0.861. The fourth-order valence-corrected chi connectivity index (χ4v) is 1.85. The smallest absolute Gasteiger partial charge is 0.0502 e. The largest absolute Gasteiger partial charge is 0.381 e. The molecule has 0 bridgehead atoms. The van der Waals surface area contributed by atoms with E-state index in [1.54, 1.807) is 0 Å². The zero-order valence-electron chi connectivity index (χ0n) is 7.65. The van der Waals surface area contributed by atoms with Crippen molar-refractivity contribution in [3.8, 4) is 0 Å². The van der Waals surface area contributed by atoms with Crippen LogP contribution in [-0.4, -0.2) is 6.54 Å². The summed E-state index contributed by atoms with van der Waals surface area (Å²) in [5, 5.41) is 3.93. The summed E-state index contributed by atoms with van der Waals surface area (Å²) in [6.07, 6.45) is 1.82. The summed E-state index contributed by atoms with van der Waals surface area (Å²) in [6, 6.07) is 3.87. The molecule has 1 aromatic carbocycles. The first-order valence-electron chi connectivity index (χ1n) is 4.10. The van der Waals surface area contributed by atoms with Crippen LogP contribution < -0.4 is 5.32 Å². The molecule has 0 unspecified atom stereocenters. The molecule has 76 valence electrons. The van der Waals surface area contributed by atoms with Crippen molar-refractivity contribution in [1.29, 1.82) is 0 Å². The summed E-state index contributed by atoms with van der Waals surface area (Å²) in [5.74, 6) is 0. The van der Waals surface area contributed by atoms with E-state index >= 15 is 0 Å². The van der Waals surface area contributed by atoms with E-state index in [4.69, 9.17) is 23.2 Å². The van der Waals surface area contributed by atoms with Crippen molar-refractivity contribution < 1.29 is 0 Å². The first kappa shape index (κ1) is 11.9. The van der Waals surface area contributed by atoms with Gasteiger partial charge >= 0.3 is 0 Å². The molecular weight excluding hydrogens is 285 g/mol. The number of hydrogen-bond donors (Lipinski definition) is 1. The van der Waals surface area contributed by atoms with Crippen molar-refractivity contribution in [2.24, 2.45) is 0 Å². The minimum Gasteiger partial charge on any atom is -0.381 e. The molecule has 0 spiro atoms. The first-order valence-corrected chi connectivity index (χ1v) is 5.70. The van der Waals surface area contributed by atoms with Gasteiger partial charge < -0.3 is 5.32 Å². The zero-order valence-corrected chi connectivity index (χ0v) is 10.7. The number of nitrogens with one attached hydrogen (secondary N) is 1. The van der Waals surface area contributed by atoms with Gasteiger partial charge in [0.1, 0.15) is 0 Å². The molecule has 0 fully saturated rings. The van der Waals surface area contributed by atoms with Crippen LogP contribution in [0.2, 0.25) is 5.02 Å². The Kier molecular flexibility index (Phi) is 4.79. The highest BCUT2D eigenvalue weighted by molar-refractivity contribution is 9.10. The van der Waals surface area contributed by atoms with Crippen LogP contribution in [0.15, 0.2) is 28.2 Å². The van der Waals surface area contributed by atoms with Crippen LogP contribution in [-0.2, 0) is 0 Å². The summed E-state index contributed by atoms with van der Waals surface area (Å²) in [5.41, 5.74) is 3.50. The molecule has 0 aliphatic heterocycles. The molecule has 1 nitrogen and oxygen atoms in total. The van der Waals surface area contributed by atoms with E-state index in [9.17, 15) is 0 Å². The second-order valence-corrected chi connectivity index (χ2v) is 4.34. The van der Waals surface area contributed by atoms with Gasteiger partial charge in [0.15, 0.2) is 0 Å². The first-order chi connectivity index (χ1) is 6.65. The topological polar surface area (TPSA) is 12.0 Å². The Morgan fingerprint density at radius 1 is 1.50 bits per heavy atom. The van der Waals surface area contributed by atoms with Gasteiger partial charge in [-0.25, -0.2) is 0 Å². The van der Waals surface area contributed by atoms with Crippen LogP contribution in [0, 0.1) is 6.92 Å². The average molecular weight is 295 g/mol. The number of halogens is 3. The lowest BCUT2D eigenvalue weighted by Crippen LogP contribution is -1.99. The minimum absolute atomic E-state index is 0.682. The highest BCUT2D eigenvalue weighted by atomic mass is 79.9. The van der Waals surface area contributed by atoms with E-state index in [1.807, 2.05) is 25.1 Å². The van der Waals surface area contributed by atoms with E-state index in [0.717, 1.165) is 20.7 Å². The maximum Gasteiger partial charge on any atom is 0.0502 e. The molecule has 0 saturated heterocycles. The van der Waals surface area contributed by atoms with Crippen LogP contribution in [0.4, 0.5) is 5.69 Å². The SMILES string of the molecule is Cc1cc(Br)c(NC/C=C/Cl)cc1Cl. The number of anilines is 1. The fourth-order valence-electron chi connectivity index (χ4n) is 0.995. The third-order valence-corrected chi connectivity index (χ3v) is 2.99. The van der Waals surface area contributed by atoms with E-state index in [-0.39, 0.29) is 0 Å². The van der Waals surface area contributed by atoms with Crippen molar-refractivity contribution in [3.63, 3.8) is 0 Å². The van der Waals surface area contributed by atoms with Crippen molar-refractivity contribution in [2.45, 2.75) is 6.92 Å². The maximum atomic E-state index is 5.99. The molecule has 14 heavy (non-hydrogen) atoms. The minimum atomic E-state index is 0.682. The maximum absolute atomic E-state index is 5.99. The van der Waals surface area contributed by atoms with Crippen LogP contribution in [0.25, 0.3) is 0 Å². The van der Waals surface area contributed by atoms with Gasteiger partial charge in [0.25, 0.3) is 0 Å². The molecule has 0 heterocycles. The standard InChI is InChI=1S/C10H10BrCl2N/c1-7-5-8(11)10(6-9(7)13)14-4-2-3-12/h2-3,5-6,14H,4H2,1H3/b3-2+. The Labute approximate surface area is 102 Å². The molecule has 0 aromatic heterocycles. The Balaban J connectivity index is 2.81. The van der Waals surface area contributed by atoms with Crippen molar-refractivity contribution in [1.82, 2.24) is 0 Å². The summed E-state index contributed by atoms with van der Waals surface area (Å²) >= 11 is 14.9. The molecule has 4 heteroatoms. The van der Waals surface area contributed by atoms with Crippen molar-refractivity contribution in [3.05, 3.63) is 38.8 Å².